The highest BCUT2D eigenvalue weighted by Gasteiger charge is 2.17. The molecule has 3 rings (SSSR count). The number of para-hydroxylation sites is 2. The first-order valence-corrected chi connectivity index (χ1v) is 7.67. The third-order valence-electron chi connectivity index (χ3n) is 3.58. The Balaban J connectivity index is 2.05. The van der Waals surface area contributed by atoms with Crippen LogP contribution < -0.4 is 20.4 Å². The summed E-state index contributed by atoms with van der Waals surface area (Å²) in [4.78, 5) is 24.7. The fraction of sp³-hybridized carbons (Fsp3) is 0.111. The molecule has 0 radical (unpaired) electrons. The molecule has 0 bridgehead atoms. The van der Waals surface area contributed by atoms with E-state index in [9.17, 15) is 9.59 Å². The van der Waals surface area contributed by atoms with Crippen LogP contribution in [0.3, 0.4) is 0 Å². The molecule has 0 aliphatic heterocycles. The average Bonchev–Trinajstić information content (AvgIpc) is 2.61. The zero-order valence-electron chi connectivity index (χ0n) is 13.5. The van der Waals surface area contributed by atoms with Gasteiger partial charge in [-0.2, -0.15) is 0 Å². The van der Waals surface area contributed by atoms with Crippen molar-refractivity contribution in [2.45, 2.75) is 0 Å². The van der Waals surface area contributed by atoms with Crippen LogP contribution >= 0.6 is 11.6 Å². The maximum atomic E-state index is 12.5. The lowest BCUT2D eigenvalue weighted by molar-refractivity contribution is 0.102. The zero-order valence-corrected chi connectivity index (χ0v) is 14.2. The van der Waals surface area contributed by atoms with E-state index >= 15 is 0 Å². The second kappa shape index (κ2) is 6.86. The predicted octanol–water partition coefficient (Wildman–Crippen LogP) is 3.72. The molecule has 3 aromatic rings. The molecule has 0 saturated heterocycles. The van der Waals surface area contributed by atoms with Crippen molar-refractivity contribution in [2.75, 3.05) is 19.5 Å². The molecule has 7 heteroatoms. The summed E-state index contributed by atoms with van der Waals surface area (Å²) in [5.74, 6) is 0.182. The van der Waals surface area contributed by atoms with Crippen molar-refractivity contribution in [2.24, 2.45) is 0 Å². The van der Waals surface area contributed by atoms with E-state index < -0.39 is 11.5 Å². The van der Waals surface area contributed by atoms with Crippen molar-refractivity contribution in [3.05, 3.63) is 63.5 Å². The molecule has 0 aliphatic carbocycles. The van der Waals surface area contributed by atoms with Gasteiger partial charge in [-0.3, -0.25) is 4.79 Å². The van der Waals surface area contributed by atoms with Crippen molar-refractivity contribution in [1.29, 1.82) is 0 Å². The van der Waals surface area contributed by atoms with Crippen molar-refractivity contribution >= 4 is 34.2 Å². The normalized spacial score (nSPS) is 10.5. The molecule has 1 heterocycles. The zero-order chi connectivity index (χ0) is 18.0. The van der Waals surface area contributed by atoms with Crippen molar-refractivity contribution in [3.63, 3.8) is 0 Å². The molecule has 25 heavy (non-hydrogen) atoms. The van der Waals surface area contributed by atoms with Crippen LogP contribution in [0.2, 0.25) is 5.02 Å². The highest BCUT2D eigenvalue weighted by molar-refractivity contribution is 6.31. The van der Waals surface area contributed by atoms with Gasteiger partial charge in [0.2, 0.25) is 0 Å². The van der Waals surface area contributed by atoms with Gasteiger partial charge in [-0.05, 0) is 24.3 Å². The lowest BCUT2D eigenvalue weighted by Crippen LogP contribution is -2.21. The molecule has 0 spiro atoms. The second-order valence-electron chi connectivity index (χ2n) is 5.13. The van der Waals surface area contributed by atoms with E-state index in [1.54, 1.807) is 30.3 Å². The van der Waals surface area contributed by atoms with Crippen LogP contribution in [0.15, 0.2) is 51.7 Å². The molecule has 2 aromatic carbocycles. The third kappa shape index (κ3) is 3.29. The van der Waals surface area contributed by atoms with Gasteiger partial charge in [-0.25, -0.2) is 4.79 Å². The molecule has 6 nitrogen and oxygen atoms in total. The molecule has 0 saturated carbocycles. The van der Waals surface area contributed by atoms with Crippen LogP contribution in [0.1, 0.15) is 10.4 Å². The molecular formula is C18H14ClNO5. The first-order chi connectivity index (χ1) is 12.0. The maximum Gasteiger partial charge on any atom is 0.349 e. The summed E-state index contributed by atoms with van der Waals surface area (Å²) in [6.07, 6.45) is 0. The van der Waals surface area contributed by atoms with Gasteiger partial charge in [0.25, 0.3) is 5.91 Å². The summed E-state index contributed by atoms with van der Waals surface area (Å²) in [6, 6.07) is 11.4. The Morgan fingerprint density at radius 3 is 2.52 bits per heavy atom. The monoisotopic (exact) mass is 359 g/mol. The summed E-state index contributed by atoms with van der Waals surface area (Å²) in [6.45, 7) is 0. The summed E-state index contributed by atoms with van der Waals surface area (Å²) in [5.41, 5.74) is -0.257. The number of anilines is 1. The number of nitrogens with one attached hydrogen (secondary N) is 1. The van der Waals surface area contributed by atoms with Crippen LogP contribution in [0.5, 0.6) is 11.5 Å². The Morgan fingerprint density at radius 1 is 1.08 bits per heavy atom. The highest BCUT2D eigenvalue weighted by Crippen LogP contribution is 2.29. The summed E-state index contributed by atoms with van der Waals surface area (Å²) >= 11 is 6.03. The fourth-order valence-corrected chi connectivity index (χ4v) is 2.63. The maximum absolute atomic E-state index is 12.5. The van der Waals surface area contributed by atoms with Crippen LogP contribution in [0, 0.1) is 0 Å². The summed E-state index contributed by atoms with van der Waals surface area (Å²) in [7, 11) is 2.93. The van der Waals surface area contributed by atoms with Gasteiger partial charge in [0.15, 0.2) is 11.3 Å². The Bertz CT molecular complexity index is 1010. The van der Waals surface area contributed by atoms with E-state index in [-0.39, 0.29) is 11.1 Å². The highest BCUT2D eigenvalue weighted by atomic mass is 35.5. The Labute approximate surface area is 147 Å². The Morgan fingerprint density at radius 2 is 1.80 bits per heavy atom. The van der Waals surface area contributed by atoms with Crippen molar-refractivity contribution < 1.29 is 18.7 Å². The number of hydrogen-bond donors (Lipinski definition) is 1. The summed E-state index contributed by atoms with van der Waals surface area (Å²) in [5, 5.41) is 3.52. The topological polar surface area (TPSA) is 77.8 Å². The fourth-order valence-electron chi connectivity index (χ4n) is 2.41. The number of methoxy groups -OCH3 is 2. The largest absolute Gasteiger partial charge is 0.495 e. The van der Waals surface area contributed by atoms with Crippen molar-refractivity contribution in [1.82, 2.24) is 0 Å². The molecule has 0 atom stereocenters. The van der Waals surface area contributed by atoms with Crippen molar-refractivity contribution in [3.8, 4) is 11.5 Å². The van der Waals surface area contributed by atoms with Gasteiger partial charge in [-0.1, -0.05) is 23.7 Å². The number of carbonyl (C=O) groups is 1. The van der Waals surface area contributed by atoms with Gasteiger partial charge >= 0.3 is 5.63 Å². The molecule has 1 aromatic heterocycles. The number of halogens is 1. The van der Waals surface area contributed by atoms with E-state index in [1.165, 1.54) is 26.4 Å². The van der Waals surface area contributed by atoms with Gasteiger partial charge in [0.1, 0.15) is 11.3 Å². The van der Waals surface area contributed by atoms with E-state index in [2.05, 4.69) is 5.32 Å². The predicted molar refractivity (Wildman–Crippen MR) is 95.0 cm³/mol. The lowest BCUT2D eigenvalue weighted by Gasteiger charge is -2.10. The van der Waals surface area contributed by atoms with Gasteiger partial charge < -0.3 is 19.2 Å². The van der Waals surface area contributed by atoms with Gasteiger partial charge in [0.05, 0.1) is 19.9 Å². The van der Waals surface area contributed by atoms with E-state index in [0.29, 0.717) is 27.6 Å². The minimum Gasteiger partial charge on any atom is -0.495 e. The van der Waals surface area contributed by atoms with E-state index in [0.717, 1.165) is 0 Å². The third-order valence-corrected chi connectivity index (χ3v) is 3.80. The lowest BCUT2D eigenvalue weighted by atomic mass is 10.1. The molecule has 0 aliphatic rings. The smallest absolute Gasteiger partial charge is 0.349 e. The number of benzene rings is 2. The SMILES string of the molecule is COc1ccccc1NC(=O)c1cc2cc(Cl)cc(OC)c2oc1=O. The van der Waals surface area contributed by atoms with E-state index in [1.807, 2.05) is 0 Å². The number of hydrogen-bond acceptors (Lipinski definition) is 5. The quantitative estimate of drug-likeness (QED) is 0.718. The molecule has 1 N–H and O–H groups in total. The van der Waals surface area contributed by atoms with E-state index in [4.69, 9.17) is 25.5 Å². The molecule has 0 unspecified atom stereocenters. The first-order valence-electron chi connectivity index (χ1n) is 7.29. The molecule has 128 valence electrons. The first kappa shape index (κ1) is 16.9. The van der Waals surface area contributed by atoms with Gasteiger partial charge in [0, 0.05) is 16.5 Å². The standard InChI is InChI=1S/C18H14ClNO5/c1-23-14-6-4-3-5-13(14)20-17(21)12-8-10-7-11(19)9-15(24-2)16(10)25-18(12)22/h3-9H,1-2H3,(H,20,21). The molecule has 0 fully saturated rings. The second-order valence-corrected chi connectivity index (χ2v) is 5.56. The minimum atomic E-state index is -0.777. The summed E-state index contributed by atoms with van der Waals surface area (Å²) < 4.78 is 15.6. The van der Waals surface area contributed by atoms with Crippen LogP contribution in [-0.4, -0.2) is 20.1 Å². The van der Waals surface area contributed by atoms with Crippen LogP contribution in [-0.2, 0) is 0 Å². The van der Waals surface area contributed by atoms with Gasteiger partial charge in [-0.15, -0.1) is 0 Å². The Hall–Kier alpha value is -2.99. The average molecular weight is 360 g/mol. The van der Waals surface area contributed by atoms with Crippen LogP contribution in [0.4, 0.5) is 5.69 Å². The number of carbonyl (C=O) groups excluding carboxylic acids is 1. The molecule has 1 amide bonds. The Kier molecular flexibility index (Phi) is 4.63. The van der Waals surface area contributed by atoms with Crippen LogP contribution in [0.25, 0.3) is 11.0 Å². The minimum absolute atomic E-state index is 0.150. The number of ether oxygens (including phenoxy) is 2. The number of fused-ring (bicyclic) bond motifs is 1. The molecular weight excluding hydrogens is 346 g/mol. The number of amides is 1. The number of rotatable bonds is 4.